The molecule has 0 bridgehead atoms. The van der Waals surface area contributed by atoms with Crippen LogP contribution in [0.5, 0.6) is 11.5 Å². The summed E-state index contributed by atoms with van der Waals surface area (Å²) in [5, 5.41) is 5.84. The fraction of sp³-hybridized carbons (Fsp3) is 0.200. The zero-order valence-corrected chi connectivity index (χ0v) is 19.9. The van der Waals surface area contributed by atoms with Gasteiger partial charge in [0.1, 0.15) is 5.03 Å². The lowest BCUT2D eigenvalue weighted by Crippen LogP contribution is -2.22. The average molecular weight is 494 g/mol. The van der Waals surface area contributed by atoms with Crippen molar-refractivity contribution in [1.29, 1.82) is 0 Å². The van der Waals surface area contributed by atoms with Crippen molar-refractivity contribution < 1.29 is 28.6 Å². The molecule has 9 nitrogen and oxygen atoms in total. The average Bonchev–Trinajstić information content (AvgIpc) is 3.32. The summed E-state index contributed by atoms with van der Waals surface area (Å²) in [6, 6.07) is 13.9. The van der Waals surface area contributed by atoms with E-state index in [1.165, 1.54) is 12.3 Å². The number of hydrogen-bond acceptors (Lipinski definition) is 8. The van der Waals surface area contributed by atoms with Crippen molar-refractivity contribution in [2.24, 2.45) is 0 Å². The number of benzene rings is 2. The molecular formula is C25H23N3O6S. The van der Waals surface area contributed by atoms with Crippen molar-refractivity contribution >= 4 is 40.9 Å². The SMILES string of the molecule is Cc1ccc(C)c(NC(=O)COC(=O)c2cccnc2SCC(=O)Nc2ccc3c(c2)OCO3)c1. The number of nitrogens with one attached hydrogen (secondary N) is 2. The highest BCUT2D eigenvalue weighted by molar-refractivity contribution is 8.00. The summed E-state index contributed by atoms with van der Waals surface area (Å²) in [5.41, 5.74) is 3.31. The summed E-state index contributed by atoms with van der Waals surface area (Å²) < 4.78 is 15.8. The Morgan fingerprint density at radius 1 is 1.00 bits per heavy atom. The summed E-state index contributed by atoms with van der Waals surface area (Å²) in [6.45, 7) is 3.50. The van der Waals surface area contributed by atoms with Gasteiger partial charge in [0.25, 0.3) is 5.91 Å². The number of aryl methyl sites for hydroxylation is 2. The molecule has 0 unspecified atom stereocenters. The summed E-state index contributed by atoms with van der Waals surface area (Å²) in [6.07, 6.45) is 1.52. The van der Waals surface area contributed by atoms with Gasteiger partial charge in [0.05, 0.1) is 11.3 Å². The molecule has 0 saturated heterocycles. The molecule has 2 heterocycles. The Hall–Kier alpha value is -4.05. The number of ether oxygens (including phenoxy) is 3. The van der Waals surface area contributed by atoms with E-state index >= 15 is 0 Å². The van der Waals surface area contributed by atoms with Gasteiger partial charge in [-0.3, -0.25) is 9.59 Å². The molecular weight excluding hydrogens is 470 g/mol. The first-order valence-electron chi connectivity index (χ1n) is 10.7. The van der Waals surface area contributed by atoms with Gasteiger partial charge in [-0.05, 0) is 55.3 Å². The van der Waals surface area contributed by atoms with Crippen molar-refractivity contribution in [3.63, 3.8) is 0 Å². The molecule has 0 saturated carbocycles. The number of carbonyl (C=O) groups excluding carboxylic acids is 3. The van der Waals surface area contributed by atoms with Gasteiger partial charge < -0.3 is 24.8 Å². The van der Waals surface area contributed by atoms with Crippen molar-refractivity contribution in [3.05, 3.63) is 71.4 Å². The summed E-state index contributed by atoms with van der Waals surface area (Å²) in [4.78, 5) is 41.5. The fourth-order valence-corrected chi connectivity index (χ4v) is 4.01. The van der Waals surface area contributed by atoms with Gasteiger partial charge in [0.2, 0.25) is 12.7 Å². The number of hydrogen-bond donors (Lipinski definition) is 2. The van der Waals surface area contributed by atoms with Crippen molar-refractivity contribution in [1.82, 2.24) is 4.98 Å². The van der Waals surface area contributed by atoms with Crippen LogP contribution in [-0.4, -0.2) is 41.9 Å². The van der Waals surface area contributed by atoms with Gasteiger partial charge in [0, 0.05) is 23.6 Å². The summed E-state index contributed by atoms with van der Waals surface area (Å²) in [5.74, 6) is -0.241. The molecule has 3 aromatic rings. The predicted octanol–water partition coefficient (Wildman–Crippen LogP) is 3.95. The highest BCUT2D eigenvalue weighted by Crippen LogP contribution is 2.34. The number of nitrogens with zero attached hydrogens (tertiary/aromatic N) is 1. The molecule has 2 N–H and O–H groups in total. The minimum atomic E-state index is -0.701. The van der Waals surface area contributed by atoms with Crippen LogP contribution in [0.2, 0.25) is 0 Å². The van der Waals surface area contributed by atoms with Crippen LogP contribution in [0.25, 0.3) is 0 Å². The molecule has 0 radical (unpaired) electrons. The van der Waals surface area contributed by atoms with Crippen LogP contribution in [0.15, 0.2) is 59.8 Å². The standard InChI is InChI=1S/C25H23N3O6S/c1-15-5-6-16(2)19(10-15)28-22(29)12-32-25(31)18-4-3-9-26-24(18)35-13-23(30)27-17-7-8-20-21(11-17)34-14-33-20/h3-11H,12-14H2,1-2H3,(H,27,30)(H,28,29). The zero-order valence-electron chi connectivity index (χ0n) is 19.1. The number of rotatable bonds is 8. The second kappa shape index (κ2) is 10.9. The Morgan fingerprint density at radius 3 is 2.69 bits per heavy atom. The van der Waals surface area contributed by atoms with E-state index in [1.807, 2.05) is 32.0 Å². The number of pyridine rings is 1. The maximum atomic E-state index is 12.6. The predicted molar refractivity (Wildman–Crippen MR) is 131 cm³/mol. The summed E-state index contributed by atoms with van der Waals surface area (Å²) in [7, 11) is 0. The van der Waals surface area contributed by atoms with Crippen molar-refractivity contribution in [2.75, 3.05) is 29.8 Å². The van der Waals surface area contributed by atoms with Crippen LogP contribution in [0.1, 0.15) is 21.5 Å². The van der Waals surface area contributed by atoms with E-state index in [2.05, 4.69) is 15.6 Å². The molecule has 35 heavy (non-hydrogen) atoms. The number of carbonyl (C=O) groups is 3. The minimum absolute atomic E-state index is 0.0128. The summed E-state index contributed by atoms with van der Waals surface area (Å²) >= 11 is 1.09. The van der Waals surface area contributed by atoms with E-state index in [-0.39, 0.29) is 24.0 Å². The van der Waals surface area contributed by atoms with Crippen LogP contribution >= 0.6 is 11.8 Å². The van der Waals surface area contributed by atoms with E-state index < -0.39 is 18.5 Å². The maximum Gasteiger partial charge on any atom is 0.341 e. The Kier molecular flexibility index (Phi) is 7.51. The van der Waals surface area contributed by atoms with Crippen LogP contribution in [-0.2, 0) is 14.3 Å². The normalized spacial score (nSPS) is 11.6. The van der Waals surface area contributed by atoms with Gasteiger partial charge in [-0.15, -0.1) is 0 Å². The van der Waals surface area contributed by atoms with Crippen LogP contribution in [0, 0.1) is 13.8 Å². The second-order valence-corrected chi connectivity index (χ2v) is 8.67. The Balaban J connectivity index is 1.30. The molecule has 0 fully saturated rings. The minimum Gasteiger partial charge on any atom is -0.454 e. The third kappa shape index (κ3) is 6.30. The molecule has 4 rings (SSSR count). The van der Waals surface area contributed by atoms with Crippen LogP contribution in [0.3, 0.4) is 0 Å². The number of amides is 2. The van der Waals surface area contributed by atoms with Crippen LogP contribution < -0.4 is 20.1 Å². The molecule has 1 aliphatic rings. The zero-order chi connectivity index (χ0) is 24.8. The van der Waals surface area contributed by atoms with Gasteiger partial charge in [-0.25, -0.2) is 9.78 Å². The topological polar surface area (TPSA) is 116 Å². The third-order valence-electron chi connectivity index (χ3n) is 4.99. The highest BCUT2D eigenvalue weighted by atomic mass is 32.2. The number of thioether (sulfide) groups is 1. The smallest absolute Gasteiger partial charge is 0.341 e. The number of esters is 1. The highest BCUT2D eigenvalue weighted by Gasteiger charge is 2.18. The molecule has 10 heteroatoms. The molecule has 1 aliphatic heterocycles. The largest absolute Gasteiger partial charge is 0.454 e. The van der Waals surface area contributed by atoms with E-state index in [9.17, 15) is 14.4 Å². The van der Waals surface area contributed by atoms with Crippen molar-refractivity contribution in [3.8, 4) is 11.5 Å². The van der Waals surface area contributed by atoms with E-state index in [4.69, 9.17) is 14.2 Å². The number of anilines is 2. The first-order valence-corrected chi connectivity index (χ1v) is 11.7. The lowest BCUT2D eigenvalue weighted by molar-refractivity contribution is -0.119. The lowest BCUT2D eigenvalue weighted by Gasteiger charge is -2.11. The first kappa shape index (κ1) is 24.1. The number of aromatic nitrogens is 1. The van der Waals surface area contributed by atoms with E-state index in [0.717, 1.165) is 22.9 Å². The number of fused-ring (bicyclic) bond motifs is 1. The molecule has 0 atom stereocenters. The Bertz CT molecular complexity index is 1280. The molecule has 180 valence electrons. The van der Waals surface area contributed by atoms with E-state index in [1.54, 1.807) is 24.3 Å². The lowest BCUT2D eigenvalue weighted by atomic mass is 10.1. The molecule has 0 aliphatic carbocycles. The van der Waals surface area contributed by atoms with Gasteiger partial charge in [-0.1, -0.05) is 23.9 Å². The van der Waals surface area contributed by atoms with Crippen LogP contribution in [0.4, 0.5) is 11.4 Å². The molecule has 2 amide bonds. The molecule has 2 aromatic carbocycles. The fourth-order valence-electron chi connectivity index (χ4n) is 3.23. The maximum absolute atomic E-state index is 12.6. The van der Waals surface area contributed by atoms with Gasteiger partial charge in [-0.2, -0.15) is 0 Å². The Morgan fingerprint density at radius 2 is 1.83 bits per heavy atom. The van der Waals surface area contributed by atoms with E-state index in [0.29, 0.717) is 27.9 Å². The quantitative estimate of drug-likeness (QED) is 0.358. The monoisotopic (exact) mass is 493 g/mol. The third-order valence-corrected chi connectivity index (χ3v) is 5.99. The molecule has 1 aromatic heterocycles. The second-order valence-electron chi connectivity index (χ2n) is 7.70. The molecule has 0 spiro atoms. The van der Waals surface area contributed by atoms with Gasteiger partial charge in [0.15, 0.2) is 18.1 Å². The van der Waals surface area contributed by atoms with Gasteiger partial charge >= 0.3 is 5.97 Å². The van der Waals surface area contributed by atoms with Crippen molar-refractivity contribution in [2.45, 2.75) is 18.9 Å². The first-order chi connectivity index (χ1) is 16.9. The Labute approximate surface area is 206 Å².